The van der Waals surface area contributed by atoms with E-state index in [1.807, 2.05) is 11.0 Å². The number of nitrogens with two attached hydrogens (primary N) is 1. The number of benzene rings is 1. The molecular weight excluding hydrogens is 408 g/mol. The van der Waals surface area contributed by atoms with Gasteiger partial charge in [-0.1, -0.05) is 6.07 Å². The number of alkyl halides is 4. The third-order valence-electron chi connectivity index (χ3n) is 4.68. The van der Waals surface area contributed by atoms with Crippen LogP contribution in [0, 0.1) is 11.3 Å². The summed E-state index contributed by atoms with van der Waals surface area (Å²) in [6.07, 6.45) is -5.47. The fourth-order valence-corrected chi connectivity index (χ4v) is 3.02. The lowest BCUT2D eigenvalue weighted by Gasteiger charge is -2.32. The first kappa shape index (κ1) is 23.3. The minimum atomic E-state index is -5.08. The van der Waals surface area contributed by atoms with Crippen molar-refractivity contribution < 1.29 is 27.5 Å². The van der Waals surface area contributed by atoms with E-state index in [9.17, 15) is 22.4 Å². The Hall–Kier alpha value is -2.97. The number of halogens is 4. The molecule has 2 atom stereocenters. The molecule has 2 aromatic rings. The number of carbonyl (C=O) groups is 1. The van der Waals surface area contributed by atoms with E-state index >= 15 is 0 Å². The second kappa shape index (κ2) is 9.69. The predicted octanol–water partition coefficient (Wildman–Crippen LogP) is 1.88. The number of likely N-dealkylation sites (tertiary alicyclic amines) is 1. The second-order valence-electron chi connectivity index (χ2n) is 6.78. The Morgan fingerprint density at radius 1 is 1.27 bits per heavy atom. The van der Waals surface area contributed by atoms with Crippen molar-refractivity contribution in [3.05, 3.63) is 46.2 Å². The van der Waals surface area contributed by atoms with E-state index in [0.29, 0.717) is 31.6 Å². The highest BCUT2D eigenvalue weighted by molar-refractivity contribution is 5.80. The molecule has 1 aromatic carbocycles. The van der Waals surface area contributed by atoms with Crippen LogP contribution in [0.25, 0.3) is 10.9 Å². The van der Waals surface area contributed by atoms with Gasteiger partial charge in [0.15, 0.2) is 0 Å². The summed E-state index contributed by atoms with van der Waals surface area (Å²) in [7, 11) is 0. The highest BCUT2D eigenvalue weighted by Gasteiger charge is 2.38. The van der Waals surface area contributed by atoms with Crippen molar-refractivity contribution in [2.45, 2.75) is 31.4 Å². The van der Waals surface area contributed by atoms with Gasteiger partial charge in [-0.05, 0) is 36.6 Å². The lowest BCUT2D eigenvalue weighted by Crippen LogP contribution is -2.49. The van der Waals surface area contributed by atoms with E-state index in [2.05, 4.69) is 6.07 Å². The molecule has 3 N–H and O–H groups in total. The predicted molar refractivity (Wildman–Crippen MR) is 101 cm³/mol. The van der Waals surface area contributed by atoms with Gasteiger partial charge in [0.05, 0.1) is 17.1 Å². The van der Waals surface area contributed by atoms with Crippen LogP contribution in [0.3, 0.4) is 0 Å². The molecule has 3 rings (SSSR count). The lowest BCUT2D eigenvalue weighted by molar-refractivity contribution is -0.192. The zero-order valence-corrected chi connectivity index (χ0v) is 15.8. The maximum atomic E-state index is 13.7. The van der Waals surface area contributed by atoms with Crippen LogP contribution in [0.2, 0.25) is 0 Å². The standard InChI is InChI=1S/C17H19FN4O.C2HF3O2/c18-14-11-21(6-5-15(14)20)7-8-22-16-9-12(10-19)1-2-13(16)3-4-17(22)23;3-2(4,5)1(6)7/h1-4,9,14-15H,5-8,11,20H2;(H,6,7)/t14-,15+;/m0./s1. The fraction of sp³-hybridized carbons (Fsp3) is 0.421. The van der Waals surface area contributed by atoms with Crippen LogP contribution in [-0.4, -0.2) is 58.6 Å². The molecular formula is C19H20F4N4O3. The number of fused-ring (bicyclic) bond motifs is 1. The first-order valence-electron chi connectivity index (χ1n) is 8.98. The largest absolute Gasteiger partial charge is 0.490 e. The molecule has 30 heavy (non-hydrogen) atoms. The number of carboxylic acids is 1. The first-order chi connectivity index (χ1) is 14.0. The van der Waals surface area contributed by atoms with E-state index in [0.717, 1.165) is 17.4 Å². The average Bonchev–Trinajstić information content (AvgIpc) is 2.69. The molecule has 162 valence electrons. The Morgan fingerprint density at radius 2 is 1.90 bits per heavy atom. The Balaban J connectivity index is 0.000000396. The van der Waals surface area contributed by atoms with Gasteiger partial charge in [0, 0.05) is 31.7 Å². The van der Waals surface area contributed by atoms with Crippen LogP contribution in [0.15, 0.2) is 35.1 Å². The van der Waals surface area contributed by atoms with Crippen LogP contribution in [-0.2, 0) is 11.3 Å². The highest BCUT2D eigenvalue weighted by atomic mass is 19.4. The third-order valence-corrected chi connectivity index (χ3v) is 4.68. The monoisotopic (exact) mass is 428 g/mol. The van der Waals surface area contributed by atoms with Gasteiger partial charge in [0.25, 0.3) is 5.56 Å². The molecule has 0 spiro atoms. The molecule has 1 aromatic heterocycles. The molecule has 2 heterocycles. The fourth-order valence-electron chi connectivity index (χ4n) is 3.02. The number of carboxylic acid groups (broad SMARTS) is 1. The highest BCUT2D eigenvalue weighted by Crippen LogP contribution is 2.16. The quantitative estimate of drug-likeness (QED) is 0.722. The zero-order chi connectivity index (χ0) is 22.5. The van der Waals surface area contributed by atoms with E-state index in [1.54, 1.807) is 22.8 Å². The van der Waals surface area contributed by atoms with Crippen molar-refractivity contribution in [3.63, 3.8) is 0 Å². The number of rotatable bonds is 3. The third kappa shape index (κ3) is 6.01. The van der Waals surface area contributed by atoms with Crippen molar-refractivity contribution in [1.29, 1.82) is 5.26 Å². The minimum Gasteiger partial charge on any atom is -0.475 e. The molecule has 1 aliphatic rings. The van der Waals surface area contributed by atoms with Gasteiger partial charge >= 0.3 is 12.1 Å². The molecule has 1 saturated heterocycles. The summed E-state index contributed by atoms with van der Waals surface area (Å²) in [5.74, 6) is -2.76. The number of pyridine rings is 1. The van der Waals surface area contributed by atoms with Gasteiger partial charge in [0.2, 0.25) is 0 Å². The number of hydrogen-bond donors (Lipinski definition) is 2. The minimum absolute atomic E-state index is 0.113. The Bertz CT molecular complexity index is 1000. The maximum absolute atomic E-state index is 13.7. The smallest absolute Gasteiger partial charge is 0.475 e. The van der Waals surface area contributed by atoms with Crippen molar-refractivity contribution in [2.24, 2.45) is 5.73 Å². The summed E-state index contributed by atoms with van der Waals surface area (Å²) in [5, 5.41) is 17.1. The number of nitriles is 1. The molecule has 0 amide bonds. The number of aliphatic carboxylic acids is 1. The topological polar surface area (TPSA) is 112 Å². The number of aromatic nitrogens is 1. The van der Waals surface area contributed by atoms with Crippen molar-refractivity contribution >= 4 is 16.9 Å². The SMILES string of the molecule is N#Cc1ccc2ccc(=O)n(CCN3CC[C@@H](N)[C@@H](F)C3)c2c1.O=C(O)C(F)(F)F. The normalized spacial score (nSPS) is 19.6. The summed E-state index contributed by atoms with van der Waals surface area (Å²) in [5.41, 5.74) is 6.83. The van der Waals surface area contributed by atoms with Crippen LogP contribution in [0.5, 0.6) is 0 Å². The van der Waals surface area contributed by atoms with Gasteiger partial charge in [-0.2, -0.15) is 18.4 Å². The second-order valence-corrected chi connectivity index (χ2v) is 6.78. The van der Waals surface area contributed by atoms with E-state index in [4.69, 9.17) is 20.9 Å². The lowest BCUT2D eigenvalue weighted by atomic mass is 10.0. The number of piperidine rings is 1. The molecule has 0 bridgehead atoms. The van der Waals surface area contributed by atoms with Gasteiger partial charge < -0.3 is 15.4 Å². The van der Waals surface area contributed by atoms with Crippen LogP contribution < -0.4 is 11.3 Å². The van der Waals surface area contributed by atoms with E-state index in [-0.39, 0.29) is 11.6 Å². The van der Waals surface area contributed by atoms with Crippen LogP contribution in [0.4, 0.5) is 17.6 Å². The number of nitrogens with zero attached hydrogens (tertiary/aromatic N) is 3. The molecule has 1 aliphatic heterocycles. The Labute approximate surface area is 168 Å². The van der Waals surface area contributed by atoms with Crippen molar-refractivity contribution in [2.75, 3.05) is 19.6 Å². The molecule has 0 saturated carbocycles. The Kier molecular flexibility index (Phi) is 7.53. The summed E-state index contributed by atoms with van der Waals surface area (Å²) < 4.78 is 47.1. The van der Waals surface area contributed by atoms with E-state index in [1.165, 1.54) is 6.07 Å². The summed E-state index contributed by atoms with van der Waals surface area (Å²) in [4.78, 5) is 23.1. The van der Waals surface area contributed by atoms with Gasteiger partial charge in [-0.25, -0.2) is 9.18 Å². The molecule has 11 heteroatoms. The molecule has 1 fully saturated rings. The van der Waals surface area contributed by atoms with E-state index < -0.39 is 18.3 Å². The molecule has 0 unspecified atom stereocenters. The first-order valence-corrected chi connectivity index (χ1v) is 8.98. The zero-order valence-electron chi connectivity index (χ0n) is 15.8. The summed E-state index contributed by atoms with van der Waals surface area (Å²) in [6.45, 7) is 2.10. The summed E-state index contributed by atoms with van der Waals surface area (Å²) in [6, 6.07) is 10.3. The average molecular weight is 428 g/mol. The number of hydrogen-bond acceptors (Lipinski definition) is 5. The maximum Gasteiger partial charge on any atom is 0.490 e. The van der Waals surface area contributed by atoms with Gasteiger partial charge in [-0.15, -0.1) is 0 Å². The summed E-state index contributed by atoms with van der Waals surface area (Å²) >= 11 is 0. The van der Waals surface area contributed by atoms with Crippen LogP contribution >= 0.6 is 0 Å². The van der Waals surface area contributed by atoms with Gasteiger partial charge in [-0.3, -0.25) is 9.69 Å². The molecule has 7 nitrogen and oxygen atoms in total. The van der Waals surface area contributed by atoms with Gasteiger partial charge in [0.1, 0.15) is 6.17 Å². The molecule has 0 radical (unpaired) electrons. The molecule has 0 aliphatic carbocycles. The van der Waals surface area contributed by atoms with Crippen LogP contribution in [0.1, 0.15) is 12.0 Å². The Morgan fingerprint density at radius 3 is 2.47 bits per heavy atom. The van der Waals surface area contributed by atoms with Crippen molar-refractivity contribution in [3.8, 4) is 6.07 Å². The van der Waals surface area contributed by atoms with Crippen molar-refractivity contribution in [1.82, 2.24) is 9.47 Å².